The summed E-state index contributed by atoms with van der Waals surface area (Å²) in [5.74, 6) is -0.206. The number of nitrogens with zero attached hydrogens (tertiary/aromatic N) is 6. The molecule has 2 aromatic carbocycles. The second-order valence-corrected chi connectivity index (χ2v) is 16.1. The average Bonchev–Trinajstić information content (AvgIpc) is 3.88. The number of hydrogen-bond donors (Lipinski definition) is 2. The van der Waals surface area contributed by atoms with Crippen LogP contribution in [0.1, 0.15) is 63.8 Å². The van der Waals surface area contributed by atoms with Crippen molar-refractivity contribution in [2.45, 2.75) is 69.4 Å². The number of pyridine rings is 1. The van der Waals surface area contributed by atoms with E-state index in [1.165, 1.54) is 34.9 Å². The van der Waals surface area contributed by atoms with E-state index in [0.717, 1.165) is 42.2 Å². The number of halogens is 1. The van der Waals surface area contributed by atoms with Crippen LogP contribution in [0.25, 0.3) is 21.7 Å². The van der Waals surface area contributed by atoms with Gasteiger partial charge in [-0.3, -0.25) is 4.79 Å². The molecule has 1 saturated heterocycles. The van der Waals surface area contributed by atoms with Crippen molar-refractivity contribution in [3.63, 3.8) is 0 Å². The highest BCUT2D eigenvalue weighted by Crippen LogP contribution is 2.40. The monoisotopic (exact) mass is 815 g/mol. The molecular weight excluding hydrogens is 774 g/mol. The lowest BCUT2D eigenvalue weighted by Gasteiger charge is -2.27. The molecule has 292 valence electrons. The number of rotatable bonds is 15. The van der Waals surface area contributed by atoms with E-state index >= 15 is 0 Å². The topological polar surface area (TPSA) is 182 Å². The fourth-order valence-corrected chi connectivity index (χ4v) is 7.86. The molecule has 5 rings (SSSR count). The second kappa shape index (κ2) is 19.0. The Labute approximate surface area is 339 Å². The lowest BCUT2D eigenvalue weighted by molar-refractivity contribution is -0.149. The highest BCUT2D eigenvalue weighted by Gasteiger charge is 2.28. The van der Waals surface area contributed by atoms with E-state index in [-0.39, 0.29) is 31.7 Å². The molecule has 16 heteroatoms. The minimum Gasteiger partial charge on any atom is -0.492 e. The average molecular weight is 816 g/mol. The maximum absolute atomic E-state index is 13.0. The van der Waals surface area contributed by atoms with Crippen LogP contribution in [-0.4, -0.2) is 82.4 Å². The summed E-state index contributed by atoms with van der Waals surface area (Å²) in [6.45, 7) is 8.01. The predicted molar refractivity (Wildman–Crippen MR) is 216 cm³/mol. The molecule has 56 heavy (non-hydrogen) atoms. The van der Waals surface area contributed by atoms with Crippen LogP contribution in [0, 0.1) is 22.7 Å². The first-order valence-corrected chi connectivity index (χ1v) is 20.2. The Hall–Kier alpha value is -5.35. The van der Waals surface area contributed by atoms with E-state index in [2.05, 4.69) is 22.4 Å². The molecule has 0 bridgehead atoms. The van der Waals surface area contributed by atoms with Gasteiger partial charge in [0, 0.05) is 53.3 Å². The summed E-state index contributed by atoms with van der Waals surface area (Å²) in [5.41, 5.74) is 2.80. The number of amides is 2. The van der Waals surface area contributed by atoms with Crippen LogP contribution in [0.4, 0.5) is 10.6 Å². The molecule has 3 heterocycles. The van der Waals surface area contributed by atoms with E-state index < -0.39 is 29.6 Å². The van der Waals surface area contributed by atoms with Crippen LogP contribution >= 0.6 is 34.7 Å². The van der Waals surface area contributed by atoms with Gasteiger partial charge in [0.2, 0.25) is 5.91 Å². The van der Waals surface area contributed by atoms with Crippen LogP contribution in [0.3, 0.4) is 0 Å². The molecule has 2 amide bonds. The van der Waals surface area contributed by atoms with Gasteiger partial charge in [-0.15, -0.1) is 11.3 Å². The SMILES string of the molecule is C[C@@H](C(=O)O)N(CCOc1ccc(-c2c(C#N)c(SCc3csc(-c4ccc(Cl)cc4)n3)nc(N3CCCC3)c2C#N)cc1)C(=O)CCNC(=O)OC(C)(C)C. The van der Waals surface area contributed by atoms with Gasteiger partial charge in [0.05, 0.1) is 17.8 Å². The number of carboxylic acid groups (broad SMARTS) is 1. The zero-order chi connectivity index (χ0) is 40.4. The number of thiazole rings is 1. The van der Waals surface area contributed by atoms with E-state index in [1.54, 1.807) is 45.0 Å². The van der Waals surface area contributed by atoms with Gasteiger partial charge in [0.1, 0.15) is 57.6 Å². The second-order valence-electron chi connectivity index (χ2n) is 13.9. The summed E-state index contributed by atoms with van der Waals surface area (Å²) in [5, 5.41) is 37.1. The van der Waals surface area contributed by atoms with Gasteiger partial charge >= 0.3 is 12.1 Å². The maximum Gasteiger partial charge on any atom is 0.407 e. The van der Waals surface area contributed by atoms with Crippen LogP contribution in [-0.2, 0) is 20.1 Å². The Balaban J connectivity index is 1.32. The summed E-state index contributed by atoms with van der Waals surface area (Å²) in [7, 11) is 0. The summed E-state index contributed by atoms with van der Waals surface area (Å²) < 4.78 is 11.1. The molecule has 1 aliphatic heterocycles. The normalized spacial score (nSPS) is 13.0. The minimum absolute atomic E-state index is 0.0133. The number of nitriles is 2. The lowest BCUT2D eigenvalue weighted by Crippen LogP contribution is -2.46. The van der Waals surface area contributed by atoms with E-state index in [4.69, 9.17) is 31.0 Å². The van der Waals surface area contributed by atoms with Crippen LogP contribution in [0.2, 0.25) is 5.02 Å². The Morgan fingerprint density at radius 1 is 1.04 bits per heavy atom. The fraction of sp³-hybridized carbons (Fsp3) is 0.375. The number of carbonyl (C=O) groups is 3. The van der Waals surface area contributed by atoms with Crippen molar-refractivity contribution in [2.24, 2.45) is 0 Å². The van der Waals surface area contributed by atoms with Crippen LogP contribution in [0.15, 0.2) is 58.9 Å². The van der Waals surface area contributed by atoms with Crippen LogP contribution < -0.4 is 15.0 Å². The van der Waals surface area contributed by atoms with Gasteiger partial charge in [0.15, 0.2) is 0 Å². The highest BCUT2D eigenvalue weighted by atomic mass is 35.5. The molecule has 0 saturated carbocycles. The molecule has 0 spiro atoms. The molecule has 1 fully saturated rings. The molecule has 1 atom stereocenters. The Morgan fingerprint density at radius 2 is 1.70 bits per heavy atom. The van der Waals surface area contributed by atoms with Gasteiger partial charge in [-0.2, -0.15) is 10.5 Å². The molecule has 0 radical (unpaired) electrons. The number of anilines is 1. The number of alkyl carbamates (subject to hydrolysis) is 1. The number of carboxylic acids is 1. The summed E-state index contributed by atoms with van der Waals surface area (Å²) in [6.07, 6.45) is 1.14. The van der Waals surface area contributed by atoms with Gasteiger partial charge in [-0.05, 0) is 70.4 Å². The number of aliphatic carboxylic acids is 1. The van der Waals surface area contributed by atoms with E-state index in [1.807, 2.05) is 29.6 Å². The first kappa shape index (κ1) is 41.8. The van der Waals surface area contributed by atoms with Crippen molar-refractivity contribution < 1.29 is 29.0 Å². The van der Waals surface area contributed by atoms with E-state index in [9.17, 15) is 30.0 Å². The Kier molecular flexibility index (Phi) is 14.2. The molecule has 2 N–H and O–H groups in total. The van der Waals surface area contributed by atoms with Gasteiger partial charge in [-0.1, -0.05) is 47.6 Å². The van der Waals surface area contributed by atoms with Crippen molar-refractivity contribution in [2.75, 3.05) is 37.7 Å². The van der Waals surface area contributed by atoms with Crippen molar-refractivity contribution in [3.05, 3.63) is 75.8 Å². The summed E-state index contributed by atoms with van der Waals surface area (Å²) >= 11 is 8.98. The largest absolute Gasteiger partial charge is 0.492 e. The molecule has 0 unspecified atom stereocenters. The quantitative estimate of drug-likeness (QED) is 0.112. The number of carbonyl (C=O) groups excluding carboxylic acids is 2. The zero-order valence-corrected chi connectivity index (χ0v) is 33.9. The van der Waals surface area contributed by atoms with Gasteiger partial charge in [0.25, 0.3) is 0 Å². The van der Waals surface area contributed by atoms with Crippen molar-refractivity contribution >= 4 is 58.5 Å². The predicted octanol–water partition coefficient (Wildman–Crippen LogP) is 7.76. The van der Waals surface area contributed by atoms with Gasteiger partial charge < -0.3 is 29.7 Å². The van der Waals surface area contributed by atoms with Crippen molar-refractivity contribution in [1.82, 2.24) is 20.2 Å². The molecular formula is C40H42ClN7O6S2. The molecule has 13 nitrogen and oxygen atoms in total. The summed E-state index contributed by atoms with van der Waals surface area (Å²) in [4.78, 5) is 49.8. The first-order valence-electron chi connectivity index (χ1n) is 18.0. The standard InChI is InChI=1S/C40H42ClN7O6S2/c1-25(38(50)51)48(33(49)15-16-44-39(52)54-40(2,3)4)19-20-53-30-13-9-26(10-14-30)34-31(21-42)35(47-17-5-6-18-47)46-37(32(34)22-43)56-24-29-23-55-36(45-29)27-7-11-28(41)12-8-27/h7-14,23,25H,5-6,15-20,24H2,1-4H3,(H,44,52)(H,50,51)/t25-/m0/s1. The summed E-state index contributed by atoms with van der Waals surface area (Å²) in [6, 6.07) is 17.9. The van der Waals surface area contributed by atoms with Gasteiger partial charge in [-0.25, -0.2) is 19.6 Å². The third-order valence-electron chi connectivity index (χ3n) is 8.67. The number of nitrogens with one attached hydrogen (secondary N) is 1. The van der Waals surface area contributed by atoms with E-state index in [0.29, 0.717) is 44.1 Å². The minimum atomic E-state index is -1.18. The Morgan fingerprint density at radius 3 is 2.32 bits per heavy atom. The molecule has 4 aromatic rings. The number of ether oxygens (including phenoxy) is 2. The number of hydrogen-bond acceptors (Lipinski definition) is 12. The molecule has 1 aliphatic rings. The van der Waals surface area contributed by atoms with Crippen molar-refractivity contribution in [3.8, 4) is 39.6 Å². The lowest BCUT2D eigenvalue weighted by atomic mass is 9.96. The van der Waals surface area contributed by atoms with Crippen molar-refractivity contribution in [1.29, 1.82) is 10.5 Å². The molecule has 2 aromatic heterocycles. The fourth-order valence-electron chi connectivity index (χ4n) is 5.93. The van der Waals surface area contributed by atoms with Crippen LogP contribution in [0.5, 0.6) is 5.75 Å². The zero-order valence-electron chi connectivity index (χ0n) is 31.5. The first-order chi connectivity index (χ1) is 26.8. The Bertz CT molecular complexity index is 2120. The number of benzene rings is 2. The highest BCUT2D eigenvalue weighted by molar-refractivity contribution is 7.98. The third-order valence-corrected chi connectivity index (χ3v) is 10.9. The number of thioether (sulfide) groups is 1. The number of aromatic nitrogens is 2. The maximum atomic E-state index is 13.0. The smallest absolute Gasteiger partial charge is 0.407 e. The molecule has 0 aliphatic carbocycles. The third kappa shape index (κ3) is 10.9.